The van der Waals surface area contributed by atoms with Crippen LogP contribution >= 0.6 is 0 Å². The Hall–Kier alpha value is -2.64. The first kappa shape index (κ1) is 76.4. The highest BCUT2D eigenvalue weighted by Crippen LogP contribution is 2.23. The van der Waals surface area contributed by atoms with Gasteiger partial charge in [-0.1, -0.05) is 254 Å². The number of hydrogen-bond acceptors (Lipinski definition) is 10. The molecule has 1 aliphatic rings. The fraction of sp³-hybridized carbons (Fsp3) is 0.829. The van der Waals surface area contributed by atoms with Crippen LogP contribution in [-0.4, -0.2) is 100 Å². The van der Waals surface area contributed by atoms with Crippen molar-refractivity contribution < 1.29 is 49.3 Å². The molecule has 0 spiro atoms. The smallest absolute Gasteiger partial charge is 0.305 e. The molecule has 0 radical (unpaired) electrons. The zero-order valence-corrected chi connectivity index (χ0v) is 52.2. The maximum Gasteiger partial charge on any atom is 0.305 e. The lowest BCUT2D eigenvalue weighted by molar-refractivity contribution is -0.302. The zero-order valence-electron chi connectivity index (χ0n) is 52.2. The molecular weight excluding hydrogens is 1010 g/mol. The number of aliphatic hydroxyl groups excluding tert-OH is 5. The molecule has 6 N–H and O–H groups in total. The summed E-state index contributed by atoms with van der Waals surface area (Å²) >= 11 is 0. The van der Waals surface area contributed by atoms with Crippen LogP contribution in [-0.2, 0) is 23.8 Å². The van der Waals surface area contributed by atoms with Crippen molar-refractivity contribution in [2.75, 3.05) is 19.8 Å². The molecule has 11 nitrogen and oxygen atoms in total. The molecule has 0 aromatic heterocycles. The molecule has 1 heterocycles. The van der Waals surface area contributed by atoms with E-state index in [9.17, 15) is 35.1 Å². The molecule has 0 aliphatic carbocycles. The summed E-state index contributed by atoms with van der Waals surface area (Å²) in [5.74, 6) is -0.197. The van der Waals surface area contributed by atoms with Crippen molar-refractivity contribution in [1.82, 2.24) is 5.32 Å². The average molecular weight is 1140 g/mol. The molecule has 1 aliphatic heterocycles. The van der Waals surface area contributed by atoms with E-state index in [4.69, 9.17) is 14.2 Å². The van der Waals surface area contributed by atoms with Crippen LogP contribution in [0.4, 0.5) is 0 Å². The number of unbranched alkanes of at least 4 members (excludes halogenated alkanes) is 38. The average Bonchev–Trinajstić information content (AvgIpc) is 3.47. The lowest BCUT2D eigenvalue weighted by atomic mass is 9.99. The van der Waals surface area contributed by atoms with Gasteiger partial charge < -0.3 is 45.1 Å². The largest absolute Gasteiger partial charge is 0.466 e. The van der Waals surface area contributed by atoms with Crippen molar-refractivity contribution in [2.45, 2.75) is 352 Å². The van der Waals surface area contributed by atoms with Gasteiger partial charge in [-0.05, 0) is 103 Å². The molecule has 0 bridgehead atoms. The maximum atomic E-state index is 13.0. The highest BCUT2D eigenvalue weighted by Gasteiger charge is 2.44. The van der Waals surface area contributed by atoms with Crippen molar-refractivity contribution in [3.8, 4) is 0 Å². The van der Waals surface area contributed by atoms with Crippen molar-refractivity contribution in [3.05, 3.63) is 60.8 Å². The predicted molar refractivity (Wildman–Crippen MR) is 338 cm³/mol. The van der Waals surface area contributed by atoms with E-state index < -0.39 is 49.5 Å². The van der Waals surface area contributed by atoms with Crippen molar-refractivity contribution in [3.63, 3.8) is 0 Å². The Morgan fingerprint density at radius 3 is 1.30 bits per heavy atom. The topological polar surface area (TPSA) is 175 Å². The van der Waals surface area contributed by atoms with E-state index >= 15 is 0 Å². The van der Waals surface area contributed by atoms with Crippen molar-refractivity contribution >= 4 is 11.9 Å². The molecule has 472 valence electrons. The number of hydrogen-bond donors (Lipinski definition) is 6. The van der Waals surface area contributed by atoms with Gasteiger partial charge in [-0.2, -0.15) is 0 Å². The normalized spacial score (nSPS) is 18.6. The summed E-state index contributed by atoms with van der Waals surface area (Å²) in [4.78, 5) is 25.0. The maximum absolute atomic E-state index is 13.0. The minimum Gasteiger partial charge on any atom is -0.466 e. The second kappa shape index (κ2) is 59.1. The van der Waals surface area contributed by atoms with Crippen LogP contribution < -0.4 is 5.32 Å². The van der Waals surface area contributed by atoms with Crippen LogP contribution in [0.2, 0.25) is 0 Å². The Morgan fingerprint density at radius 1 is 0.469 bits per heavy atom. The Bertz CT molecular complexity index is 1530. The Morgan fingerprint density at radius 2 is 0.852 bits per heavy atom. The van der Waals surface area contributed by atoms with Crippen LogP contribution in [0, 0.1) is 0 Å². The molecule has 1 amide bonds. The van der Waals surface area contributed by atoms with Gasteiger partial charge in [0.1, 0.15) is 24.4 Å². The molecular formula is C70H127NO10. The lowest BCUT2D eigenvalue weighted by Crippen LogP contribution is -2.60. The highest BCUT2D eigenvalue weighted by molar-refractivity contribution is 5.76. The first-order valence-electron chi connectivity index (χ1n) is 34.0. The summed E-state index contributed by atoms with van der Waals surface area (Å²) in [6.45, 7) is 4.08. The molecule has 1 fully saturated rings. The fourth-order valence-electron chi connectivity index (χ4n) is 10.5. The summed E-state index contributed by atoms with van der Waals surface area (Å²) < 4.78 is 16.7. The number of nitrogens with one attached hydrogen (secondary N) is 1. The van der Waals surface area contributed by atoms with Gasteiger partial charge in [0, 0.05) is 12.8 Å². The Balaban J connectivity index is 1.92. The van der Waals surface area contributed by atoms with E-state index in [0.717, 1.165) is 64.2 Å². The molecule has 1 rings (SSSR count). The monoisotopic (exact) mass is 1140 g/mol. The molecule has 7 atom stereocenters. The van der Waals surface area contributed by atoms with Crippen LogP contribution in [0.1, 0.15) is 309 Å². The minimum atomic E-state index is -1.58. The van der Waals surface area contributed by atoms with E-state index in [2.05, 4.69) is 54.8 Å². The summed E-state index contributed by atoms with van der Waals surface area (Å²) in [6, 6.07) is -0.832. The summed E-state index contributed by atoms with van der Waals surface area (Å²) in [5, 5.41) is 54.2. The number of carbonyl (C=O) groups excluding carboxylic acids is 2. The van der Waals surface area contributed by atoms with Gasteiger partial charge in [-0.15, -0.1) is 0 Å². The number of rotatable bonds is 59. The highest BCUT2D eigenvalue weighted by atomic mass is 16.7. The molecule has 81 heavy (non-hydrogen) atoms. The molecule has 0 saturated carbocycles. The van der Waals surface area contributed by atoms with Gasteiger partial charge in [0.15, 0.2) is 6.29 Å². The number of ether oxygens (including phenoxy) is 3. The predicted octanol–water partition coefficient (Wildman–Crippen LogP) is 17.0. The third-order valence-electron chi connectivity index (χ3n) is 15.9. The lowest BCUT2D eigenvalue weighted by Gasteiger charge is -2.40. The second-order valence-electron chi connectivity index (χ2n) is 23.5. The molecule has 0 aromatic rings. The third-order valence-corrected chi connectivity index (χ3v) is 15.9. The van der Waals surface area contributed by atoms with Gasteiger partial charge in [0.05, 0.1) is 32.0 Å². The van der Waals surface area contributed by atoms with Gasteiger partial charge >= 0.3 is 5.97 Å². The first-order chi connectivity index (χ1) is 39.7. The van der Waals surface area contributed by atoms with Crippen LogP contribution in [0.5, 0.6) is 0 Å². The SMILES string of the molecule is C/C=C/CC/C=C/CC/C=C/C(O)C(COC1OC(CO)C(O)C(O)C1O)NC(=O)CCCCCCCCCCCCCCCCCC/C=C\CCCCCCCCCCCCCCOC(=O)CCCCCCC/C=C\CCCCC. The van der Waals surface area contributed by atoms with E-state index in [1.54, 1.807) is 6.08 Å². The van der Waals surface area contributed by atoms with E-state index in [0.29, 0.717) is 19.4 Å². The summed E-state index contributed by atoms with van der Waals surface area (Å²) in [5.41, 5.74) is 0. The van der Waals surface area contributed by atoms with E-state index in [1.807, 2.05) is 19.1 Å². The molecule has 11 heteroatoms. The zero-order chi connectivity index (χ0) is 58.7. The number of aliphatic hydroxyl groups is 5. The van der Waals surface area contributed by atoms with Gasteiger partial charge in [0.25, 0.3) is 0 Å². The second-order valence-corrected chi connectivity index (χ2v) is 23.5. The summed E-state index contributed by atoms with van der Waals surface area (Å²) in [7, 11) is 0. The van der Waals surface area contributed by atoms with Gasteiger partial charge in [-0.25, -0.2) is 0 Å². The number of allylic oxidation sites excluding steroid dienone is 9. The molecule has 7 unspecified atom stereocenters. The van der Waals surface area contributed by atoms with Crippen LogP contribution in [0.15, 0.2) is 60.8 Å². The van der Waals surface area contributed by atoms with Gasteiger partial charge in [-0.3, -0.25) is 9.59 Å². The Labute approximate surface area is 497 Å². The number of carbonyl (C=O) groups is 2. The first-order valence-corrected chi connectivity index (χ1v) is 34.0. The van der Waals surface area contributed by atoms with Crippen LogP contribution in [0.25, 0.3) is 0 Å². The van der Waals surface area contributed by atoms with Crippen molar-refractivity contribution in [1.29, 1.82) is 0 Å². The number of amides is 1. The fourth-order valence-corrected chi connectivity index (χ4v) is 10.5. The Kier molecular flexibility index (Phi) is 55.7. The third kappa shape index (κ3) is 48.3. The summed E-state index contributed by atoms with van der Waals surface area (Å²) in [6.07, 6.45) is 68.2. The molecule has 1 saturated heterocycles. The quantitative estimate of drug-likeness (QED) is 0.0195. The standard InChI is InChI=1S/C70H127NO10/c1-3-5-7-9-11-13-14-38-42-46-50-54-58-66(75)79-59-55-51-47-43-39-36-34-32-30-28-26-24-22-20-18-16-15-17-19-21-23-25-27-29-31-33-35-37-41-45-49-53-57-65(74)71-62(63(73)56-52-48-44-40-12-10-8-6-4-2)61-80-70-69(78)68(77)67(76)64(60-72)81-70/h4,6,11-13,18,20,40,52,56,62-64,67-70,72-73,76-78H,3,5,7-10,14-17,19,21-39,41-51,53-55,57-61H2,1-2H3,(H,71,74)/b6-4+,13-11-,20-18-,40-12+,56-52+. The minimum absolute atomic E-state index is 0.000370. The molecule has 0 aromatic carbocycles. The van der Waals surface area contributed by atoms with E-state index in [-0.39, 0.29) is 18.5 Å². The number of esters is 1. The van der Waals surface area contributed by atoms with E-state index in [1.165, 1.54) is 218 Å². The van der Waals surface area contributed by atoms with Gasteiger partial charge in [0.2, 0.25) is 5.91 Å². The van der Waals surface area contributed by atoms with Crippen molar-refractivity contribution in [2.24, 2.45) is 0 Å². The van der Waals surface area contributed by atoms with Crippen LogP contribution in [0.3, 0.4) is 0 Å².